The average Bonchev–Trinajstić information content (AvgIpc) is 2.32. The Bertz CT molecular complexity index is 426. The van der Waals surface area contributed by atoms with Crippen molar-refractivity contribution < 1.29 is 9.90 Å². The molecule has 3 nitrogen and oxygen atoms in total. The van der Waals surface area contributed by atoms with E-state index in [1.165, 1.54) is 4.90 Å². The van der Waals surface area contributed by atoms with E-state index in [1.54, 1.807) is 39.1 Å². The Kier molecular flexibility index (Phi) is 5.02. The van der Waals surface area contributed by atoms with Gasteiger partial charge in [0.05, 0.1) is 18.6 Å². The van der Waals surface area contributed by atoms with Gasteiger partial charge >= 0.3 is 0 Å². The van der Waals surface area contributed by atoms with E-state index >= 15 is 0 Å². The van der Waals surface area contributed by atoms with Crippen molar-refractivity contribution in [1.29, 1.82) is 0 Å². The van der Waals surface area contributed by atoms with Gasteiger partial charge in [0.2, 0.25) is 5.91 Å². The Morgan fingerprint density at radius 1 is 1.33 bits per heavy atom. The first kappa shape index (κ1) is 15.3. The zero-order chi connectivity index (χ0) is 13.9. The van der Waals surface area contributed by atoms with Gasteiger partial charge in [-0.15, -0.1) is 0 Å². The van der Waals surface area contributed by atoms with E-state index in [9.17, 15) is 9.90 Å². The number of rotatable bonds is 4. The van der Waals surface area contributed by atoms with Gasteiger partial charge in [0.25, 0.3) is 0 Å². The molecule has 0 aliphatic rings. The molecule has 1 amide bonds. The number of carbonyl (C=O) groups is 1. The van der Waals surface area contributed by atoms with Crippen molar-refractivity contribution in [2.75, 3.05) is 13.7 Å². The molecule has 0 aliphatic heterocycles. The quantitative estimate of drug-likeness (QED) is 0.926. The summed E-state index contributed by atoms with van der Waals surface area (Å²) in [5.74, 6) is -0.135. The molecule has 1 rings (SSSR count). The van der Waals surface area contributed by atoms with Gasteiger partial charge in [0.1, 0.15) is 0 Å². The normalized spacial score (nSPS) is 11.4. The van der Waals surface area contributed by atoms with Gasteiger partial charge < -0.3 is 10.0 Å². The van der Waals surface area contributed by atoms with E-state index in [4.69, 9.17) is 23.2 Å². The van der Waals surface area contributed by atoms with Gasteiger partial charge in [-0.3, -0.25) is 4.79 Å². The molecule has 0 saturated heterocycles. The molecule has 0 heterocycles. The highest BCUT2D eigenvalue weighted by atomic mass is 35.5. The van der Waals surface area contributed by atoms with Crippen LogP contribution in [0.4, 0.5) is 0 Å². The molecule has 0 unspecified atom stereocenters. The molecule has 100 valence electrons. The van der Waals surface area contributed by atoms with E-state index in [0.29, 0.717) is 15.6 Å². The van der Waals surface area contributed by atoms with Crippen LogP contribution in [0.5, 0.6) is 0 Å². The SMILES string of the molecule is CN(C(=O)Cc1c(Cl)cccc1Cl)C(C)(C)CO. The highest BCUT2D eigenvalue weighted by Gasteiger charge is 2.27. The van der Waals surface area contributed by atoms with Gasteiger partial charge in [-0.1, -0.05) is 29.3 Å². The summed E-state index contributed by atoms with van der Waals surface area (Å²) < 4.78 is 0. The number of halogens is 2. The molecule has 0 atom stereocenters. The molecule has 0 aliphatic carbocycles. The van der Waals surface area contributed by atoms with Crippen molar-refractivity contribution in [3.63, 3.8) is 0 Å². The van der Waals surface area contributed by atoms with Gasteiger partial charge in [0.15, 0.2) is 0 Å². The lowest BCUT2D eigenvalue weighted by molar-refractivity contribution is -0.135. The van der Waals surface area contributed by atoms with Crippen LogP contribution in [0.25, 0.3) is 0 Å². The number of hydrogen-bond donors (Lipinski definition) is 1. The summed E-state index contributed by atoms with van der Waals surface area (Å²) in [6, 6.07) is 5.14. The van der Waals surface area contributed by atoms with Crippen molar-refractivity contribution >= 4 is 29.1 Å². The summed E-state index contributed by atoms with van der Waals surface area (Å²) in [5.41, 5.74) is 0.0107. The number of carbonyl (C=O) groups excluding carboxylic acids is 1. The zero-order valence-corrected chi connectivity index (χ0v) is 12.2. The summed E-state index contributed by atoms with van der Waals surface area (Å²) in [6.45, 7) is 3.48. The number of aliphatic hydroxyl groups is 1. The number of amides is 1. The average molecular weight is 290 g/mol. The van der Waals surface area contributed by atoms with Gasteiger partial charge in [0, 0.05) is 17.1 Å². The minimum absolute atomic E-state index is 0.106. The third-order valence-electron chi connectivity index (χ3n) is 3.06. The van der Waals surface area contributed by atoms with Crippen LogP contribution in [0.15, 0.2) is 18.2 Å². The van der Waals surface area contributed by atoms with Crippen molar-refractivity contribution in [3.8, 4) is 0 Å². The molecule has 0 saturated carbocycles. The third kappa shape index (κ3) is 3.37. The van der Waals surface area contributed by atoms with E-state index in [0.717, 1.165) is 0 Å². The first-order valence-electron chi connectivity index (χ1n) is 5.60. The van der Waals surface area contributed by atoms with Crippen LogP contribution in [0, 0.1) is 0 Å². The van der Waals surface area contributed by atoms with Crippen molar-refractivity contribution in [2.24, 2.45) is 0 Å². The molecule has 1 aromatic carbocycles. The maximum atomic E-state index is 12.1. The van der Waals surface area contributed by atoms with Crippen LogP contribution in [-0.4, -0.2) is 35.1 Å². The summed E-state index contributed by atoms with van der Waals surface area (Å²) >= 11 is 12.0. The van der Waals surface area contributed by atoms with Crippen molar-refractivity contribution in [1.82, 2.24) is 4.90 Å². The van der Waals surface area contributed by atoms with Crippen LogP contribution >= 0.6 is 23.2 Å². The van der Waals surface area contributed by atoms with Crippen molar-refractivity contribution in [3.05, 3.63) is 33.8 Å². The zero-order valence-electron chi connectivity index (χ0n) is 10.7. The second-order valence-electron chi connectivity index (χ2n) is 4.80. The molecule has 0 radical (unpaired) electrons. The lowest BCUT2D eigenvalue weighted by Crippen LogP contribution is -2.48. The van der Waals surface area contributed by atoms with Crippen LogP contribution in [0.3, 0.4) is 0 Å². The molecule has 18 heavy (non-hydrogen) atoms. The van der Waals surface area contributed by atoms with Gasteiger partial charge in [-0.2, -0.15) is 0 Å². The Balaban J connectivity index is 2.89. The molecular weight excluding hydrogens is 273 g/mol. The topological polar surface area (TPSA) is 40.5 Å². The number of likely N-dealkylation sites (N-methyl/N-ethyl adjacent to an activating group) is 1. The van der Waals surface area contributed by atoms with E-state index < -0.39 is 5.54 Å². The van der Waals surface area contributed by atoms with Gasteiger partial charge in [-0.05, 0) is 31.5 Å². The first-order valence-corrected chi connectivity index (χ1v) is 6.35. The number of aliphatic hydroxyl groups excluding tert-OH is 1. The fraction of sp³-hybridized carbons (Fsp3) is 0.462. The summed E-state index contributed by atoms with van der Waals surface area (Å²) in [6.07, 6.45) is 0.123. The molecule has 0 fully saturated rings. The molecule has 1 N–H and O–H groups in total. The largest absolute Gasteiger partial charge is 0.394 e. The Morgan fingerprint density at radius 3 is 2.28 bits per heavy atom. The second kappa shape index (κ2) is 5.91. The monoisotopic (exact) mass is 289 g/mol. The third-order valence-corrected chi connectivity index (χ3v) is 3.77. The second-order valence-corrected chi connectivity index (χ2v) is 5.61. The minimum atomic E-state index is -0.606. The standard InChI is InChI=1S/C13H17Cl2NO2/c1-13(2,8-17)16(3)12(18)7-9-10(14)5-4-6-11(9)15/h4-6,17H,7-8H2,1-3H3. The minimum Gasteiger partial charge on any atom is -0.394 e. The first-order chi connectivity index (χ1) is 8.29. The van der Waals surface area contributed by atoms with Crippen molar-refractivity contribution in [2.45, 2.75) is 25.8 Å². The van der Waals surface area contributed by atoms with E-state index in [-0.39, 0.29) is 18.9 Å². The van der Waals surface area contributed by atoms with E-state index in [1.807, 2.05) is 0 Å². The summed E-state index contributed by atoms with van der Waals surface area (Å²) in [7, 11) is 1.66. The van der Waals surface area contributed by atoms with E-state index in [2.05, 4.69) is 0 Å². The fourth-order valence-electron chi connectivity index (χ4n) is 1.41. The predicted molar refractivity (Wildman–Crippen MR) is 74.1 cm³/mol. The Labute approximate surface area is 117 Å². The number of hydrogen-bond acceptors (Lipinski definition) is 2. The smallest absolute Gasteiger partial charge is 0.227 e. The maximum Gasteiger partial charge on any atom is 0.227 e. The molecule has 0 bridgehead atoms. The lowest BCUT2D eigenvalue weighted by Gasteiger charge is -2.34. The maximum absolute atomic E-state index is 12.1. The number of nitrogens with zero attached hydrogens (tertiary/aromatic N) is 1. The summed E-state index contributed by atoms with van der Waals surface area (Å²) in [4.78, 5) is 13.6. The fourth-order valence-corrected chi connectivity index (χ4v) is 1.95. The van der Waals surface area contributed by atoms with Gasteiger partial charge in [-0.25, -0.2) is 0 Å². The molecule has 0 aromatic heterocycles. The molecule has 0 spiro atoms. The lowest BCUT2D eigenvalue weighted by atomic mass is 10.0. The van der Waals surface area contributed by atoms with Crippen LogP contribution < -0.4 is 0 Å². The molecule has 1 aromatic rings. The predicted octanol–water partition coefficient (Wildman–Crippen LogP) is 2.77. The number of benzene rings is 1. The highest BCUT2D eigenvalue weighted by molar-refractivity contribution is 6.36. The molecular formula is C13H17Cl2NO2. The van der Waals surface area contributed by atoms with Crippen LogP contribution in [0.1, 0.15) is 19.4 Å². The highest BCUT2D eigenvalue weighted by Crippen LogP contribution is 2.25. The van der Waals surface area contributed by atoms with Crippen LogP contribution in [0.2, 0.25) is 10.0 Å². The Morgan fingerprint density at radius 2 is 1.83 bits per heavy atom. The molecule has 5 heteroatoms. The summed E-state index contributed by atoms with van der Waals surface area (Å²) in [5, 5.41) is 10.2. The van der Waals surface area contributed by atoms with Crippen LogP contribution in [-0.2, 0) is 11.2 Å². The Hall–Kier alpha value is -0.770.